The predicted molar refractivity (Wildman–Crippen MR) is 96.1 cm³/mol. The van der Waals surface area contributed by atoms with E-state index in [9.17, 15) is 18.4 Å². The summed E-state index contributed by atoms with van der Waals surface area (Å²) in [5, 5.41) is 15.4. The van der Waals surface area contributed by atoms with Crippen molar-refractivity contribution in [1.82, 2.24) is 10.3 Å². The van der Waals surface area contributed by atoms with Crippen LogP contribution in [0.2, 0.25) is 0 Å². The van der Waals surface area contributed by atoms with E-state index in [2.05, 4.69) is 15.6 Å². The summed E-state index contributed by atoms with van der Waals surface area (Å²) in [5.41, 5.74) is 1.14. The molecule has 2 aliphatic heterocycles. The number of nitrogens with one attached hydrogen (secondary N) is 2. The van der Waals surface area contributed by atoms with Gasteiger partial charge >= 0.3 is 6.18 Å². The van der Waals surface area contributed by atoms with Crippen LogP contribution in [0.25, 0.3) is 0 Å². The molecule has 0 amide bonds. The fraction of sp³-hybridized carbons (Fsp3) is 0.368. The number of alkyl halides is 3. The summed E-state index contributed by atoms with van der Waals surface area (Å²) < 4.78 is 41.5. The Balaban J connectivity index is 1.83. The van der Waals surface area contributed by atoms with Crippen molar-refractivity contribution in [3.05, 3.63) is 47.3 Å². The third-order valence-electron chi connectivity index (χ3n) is 5.33. The second-order valence-corrected chi connectivity index (χ2v) is 6.87. The summed E-state index contributed by atoms with van der Waals surface area (Å²) in [6.07, 6.45) is -2.19. The number of aromatic nitrogens is 1. The standard InChI is InChI=1S/C19H18F3N5/c1-27-17-4-6-24-10-13(17)12-7-11(8-14(18(12)27)19(20,21)22)26-15-3-2-5-25-16(15)9-23/h2-3,5,7-8,13,17,24,26H,4,6,10H2,1H3/t13-,17-/m0/s1. The van der Waals surface area contributed by atoms with E-state index in [0.29, 0.717) is 23.5 Å². The lowest BCUT2D eigenvalue weighted by Gasteiger charge is -2.31. The first-order chi connectivity index (χ1) is 12.9. The largest absolute Gasteiger partial charge is 0.418 e. The Morgan fingerprint density at radius 3 is 2.93 bits per heavy atom. The number of halogens is 3. The molecule has 5 nitrogen and oxygen atoms in total. The maximum absolute atomic E-state index is 13.8. The molecular formula is C19H18F3N5. The third kappa shape index (κ3) is 2.98. The van der Waals surface area contributed by atoms with Crippen molar-refractivity contribution in [3.63, 3.8) is 0 Å². The van der Waals surface area contributed by atoms with Crippen molar-refractivity contribution in [2.75, 3.05) is 30.4 Å². The lowest BCUT2D eigenvalue weighted by Crippen LogP contribution is -2.42. The van der Waals surface area contributed by atoms with Crippen LogP contribution in [0.15, 0.2) is 30.5 Å². The van der Waals surface area contributed by atoms with Gasteiger partial charge in [-0.1, -0.05) is 0 Å². The molecule has 27 heavy (non-hydrogen) atoms. The van der Waals surface area contributed by atoms with E-state index in [0.717, 1.165) is 19.0 Å². The van der Waals surface area contributed by atoms with Gasteiger partial charge in [0.05, 0.1) is 16.9 Å². The maximum atomic E-state index is 13.8. The molecule has 0 bridgehead atoms. The van der Waals surface area contributed by atoms with E-state index >= 15 is 0 Å². The third-order valence-corrected chi connectivity index (χ3v) is 5.33. The van der Waals surface area contributed by atoms with Crippen molar-refractivity contribution in [2.45, 2.75) is 24.6 Å². The van der Waals surface area contributed by atoms with E-state index < -0.39 is 11.7 Å². The quantitative estimate of drug-likeness (QED) is 0.842. The van der Waals surface area contributed by atoms with Gasteiger partial charge in [0, 0.05) is 37.4 Å². The molecule has 3 heterocycles. The highest BCUT2D eigenvalue weighted by Crippen LogP contribution is 2.50. The maximum Gasteiger partial charge on any atom is 0.418 e. The Morgan fingerprint density at radius 1 is 1.37 bits per heavy atom. The smallest absolute Gasteiger partial charge is 0.370 e. The van der Waals surface area contributed by atoms with Crippen molar-refractivity contribution < 1.29 is 13.2 Å². The van der Waals surface area contributed by atoms with Gasteiger partial charge in [0.2, 0.25) is 0 Å². The fourth-order valence-corrected chi connectivity index (χ4v) is 4.16. The van der Waals surface area contributed by atoms with E-state index in [4.69, 9.17) is 0 Å². The Hall–Kier alpha value is -2.79. The zero-order valence-electron chi connectivity index (χ0n) is 14.6. The molecule has 4 rings (SSSR count). The Labute approximate surface area is 154 Å². The van der Waals surface area contributed by atoms with Crippen molar-refractivity contribution >= 4 is 17.1 Å². The van der Waals surface area contributed by atoms with Crippen LogP contribution in [0, 0.1) is 11.3 Å². The number of nitriles is 1. The number of rotatable bonds is 2. The van der Waals surface area contributed by atoms with Gasteiger partial charge < -0.3 is 15.5 Å². The molecule has 0 unspecified atom stereocenters. The Kier molecular flexibility index (Phi) is 4.19. The molecule has 8 heteroatoms. The molecule has 2 N–H and O–H groups in total. The van der Waals surface area contributed by atoms with E-state index in [1.165, 1.54) is 6.20 Å². The number of anilines is 3. The first kappa shape index (κ1) is 17.6. The minimum absolute atomic E-state index is 0.00550. The van der Waals surface area contributed by atoms with Gasteiger partial charge in [0.25, 0.3) is 0 Å². The van der Waals surface area contributed by atoms with Gasteiger partial charge in [-0.05, 0) is 42.8 Å². The molecule has 0 radical (unpaired) electrons. The van der Waals surface area contributed by atoms with Gasteiger partial charge in [-0.15, -0.1) is 0 Å². The second kappa shape index (κ2) is 6.43. The summed E-state index contributed by atoms with van der Waals surface area (Å²) in [6.45, 7) is 1.45. The van der Waals surface area contributed by atoms with Gasteiger partial charge in [0.1, 0.15) is 6.07 Å². The minimum Gasteiger partial charge on any atom is -0.370 e. The van der Waals surface area contributed by atoms with E-state index in [1.807, 2.05) is 6.07 Å². The zero-order valence-corrected chi connectivity index (χ0v) is 14.6. The van der Waals surface area contributed by atoms with Crippen molar-refractivity contribution in [1.29, 1.82) is 5.26 Å². The number of likely N-dealkylation sites (N-methyl/N-ethyl adjacent to an activating group) is 1. The first-order valence-electron chi connectivity index (χ1n) is 8.71. The molecule has 140 valence electrons. The highest BCUT2D eigenvalue weighted by atomic mass is 19.4. The molecule has 1 aromatic heterocycles. The van der Waals surface area contributed by atoms with Crippen LogP contribution in [0.5, 0.6) is 0 Å². The highest BCUT2D eigenvalue weighted by Gasteiger charge is 2.45. The zero-order chi connectivity index (χ0) is 19.2. The Bertz CT molecular complexity index is 919. The summed E-state index contributed by atoms with van der Waals surface area (Å²) in [6, 6.07) is 8.17. The lowest BCUT2D eigenvalue weighted by molar-refractivity contribution is -0.137. The topological polar surface area (TPSA) is 64.0 Å². The monoisotopic (exact) mass is 373 g/mol. The van der Waals surface area contributed by atoms with Crippen LogP contribution in [0.3, 0.4) is 0 Å². The van der Waals surface area contributed by atoms with Crippen LogP contribution in [0.1, 0.15) is 29.2 Å². The van der Waals surface area contributed by atoms with Gasteiger partial charge in [0.15, 0.2) is 5.69 Å². The van der Waals surface area contributed by atoms with Crippen molar-refractivity contribution in [2.24, 2.45) is 0 Å². The molecule has 1 saturated heterocycles. The van der Waals surface area contributed by atoms with E-state index in [-0.39, 0.29) is 23.3 Å². The number of nitrogens with zero attached hydrogens (tertiary/aromatic N) is 3. The normalized spacial score (nSPS) is 21.4. The average Bonchev–Trinajstić information content (AvgIpc) is 2.94. The number of piperidine rings is 1. The number of hydrogen-bond donors (Lipinski definition) is 2. The van der Waals surface area contributed by atoms with Crippen LogP contribution < -0.4 is 15.5 Å². The number of benzene rings is 1. The molecule has 2 atom stereocenters. The van der Waals surface area contributed by atoms with E-state index in [1.54, 1.807) is 30.1 Å². The van der Waals surface area contributed by atoms with Crippen LogP contribution >= 0.6 is 0 Å². The Morgan fingerprint density at radius 2 is 2.19 bits per heavy atom. The number of fused-ring (bicyclic) bond motifs is 3. The molecular weight excluding hydrogens is 355 g/mol. The predicted octanol–water partition coefficient (Wildman–Crippen LogP) is 3.61. The minimum atomic E-state index is -4.47. The molecule has 2 aliphatic rings. The van der Waals surface area contributed by atoms with Crippen LogP contribution in [0.4, 0.5) is 30.2 Å². The van der Waals surface area contributed by atoms with Crippen molar-refractivity contribution in [3.8, 4) is 6.07 Å². The van der Waals surface area contributed by atoms with Crippen LogP contribution in [-0.2, 0) is 6.18 Å². The van der Waals surface area contributed by atoms with Crippen LogP contribution in [-0.4, -0.2) is 31.2 Å². The molecule has 0 saturated carbocycles. The summed E-state index contributed by atoms with van der Waals surface area (Å²) in [4.78, 5) is 5.73. The second-order valence-electron chi connectivity index (χ2n) is 6.87. The summed E-state index contributed by atoms with van der Waals surface area (Å²) in [7, 11) is 1.74. The highest BCUT2D eigenvalue weighted by molar-refractivity contribution is 5.75. The summed E-state index contributed by atoms with van der Waals surface area (Å²) >= 11 is 0. The van der Waals surface area contributed by atoms with Gasteiger partial charge in [-0.2, -0.15) is 18.4 Å². The molecule has 0 spiro atoms. The van der Waals surface area contributed by atoms with Gasteiger partial charge in [-0.3, -0.25) is 0 Å². The lowest BCUT2D eigenvalue weighted by atomic mass is 9.89. The molecule has 1 fully saturated rings. The fourth-order valence-electron chi connectivity index (χ4n) is 4.16. The molecule has 0 aliphatic carbocycles. The number of hydrogen-bond acceptors (Lipinski definition) is 5. The molecule has 2 aromatic rings. The summed E-state index contributed by atoms with van der Waals surface area (Å²) in [5.74, 6) is 0.00550. The first-order valence-corrected chi connectivity index (χ1v) is 8.71. The SMILES string of the molecule is CN1c2c(cc(Nc3cccnc3C#N)cc2C(F)(F)F)[C@@H]2CNCC[C@@H]21. The number of pyridine rings is 1. The average molecular weight is 373 g/mol. The molecule has 1 aromatic carbocycles. The van der Waals surface area contributed by atoms with Gasteiger partial charge in [-0.25, -0.2) is 4.98 Å².